The first kappa shape index (κ1) is 31.7. The highest BCUT2D eigenvalue weighted by Gasteiger charge is 2.12. The van der Waals surface area contributed by atoms with Crippen LogP contribution < -0.4 is 0 Å². The van der Waals surface area contributed by atoms with Crippen LogP contribution in [0.1, 0.15) is 41.6 Å². The van der Waals surface area contributed by atoms with Gasteiger partial charge in [0.15, 0.2) is 0 Å². The van der Waals surface area contributed by atoms with Crippen LogP contribution >= 0.6 is 0 Å². The molecule has 3 nitrogen and oxygen atoms in total. The van der Waals surface area contributed by atoms with Crippen LogP contribution in [0.3, 0.4) is 0 Å². The van der Waals surface area contributed by atoms with Gasteiger partial charge in [0.1, 0.15) is 0 Å². The van der Waals surface area contributed by atoms with Crippen LogP contribution in [0.15, 0.2) is 213 Å². The van der Waals surface area contributed by atoms with Gasteiger partial charge in [-0.1, -0.05) is 176 Å². The number of nitrogens with zero attached hydrogens (tertiary/aromatic N) is 3. The summed E-state index contributed by atoms with van der Waals surface area (Å²) in [7, 11) is 0. The number of pyridine rings is 3. The molecule has 3 aromatic heterocycles. The molecule has 0 bridgehead atoms. The quantitative estimate of drug-likeness (QED) is 0.110. The fraction of sp³-hybridized carbons (Fsp3) is 0.105. The van der Waals surface area contributed by atoms with E-state index in [9.17, 15) is 8.22 Å². The Kier molecular flexibility index (Phi) is 9.82. The molecule has 0 aliphatic heterocycles. The van der Waals surface area contributed by atoms with Gasteiger partial charge in [-0.05, 0) is 112 Å². The van der Waals surface area contributed by atoms with Gasteiger partial charge in [0.2, 0.25) is 0 Å². The molecule has 60 heavy (non-hydrogen) atoms. The Bertz CT molecular complexity index is 3040. The number of benzene rings is 6. The summed E-state index contributed by atoms with van der Waals surface area (Å²) in [6.07, 6.45) is -1.28. The fourth-order valence-electron chi connectivity index (χ4n) is 7.34. The van der Waals surface area contributed by atoms with Gasteiger partial charge in [0.05, 0.1) is 17.1 Å². The Morgan fingerprint density at radius 2 is 0.733 bits per heavy atom. The smallest absolute Gasteiger partial charge is 0.0708 e. The summed E-state index contributed by atoms with van der Waals surface area (Å²) >= 11 is 0. The van der Waals surface area contributed by atoms with E-state index in [-0.39, 0.29) is 23.1 Å². The molecule has 290 valence electrons. The number of hydrogen-bond acceptors (Lipinski definition) is 3. The Hall–Kier alpha value is -7.23. The van der Waals surface area contributed by atoms with E-state index >= 15 is 0 Å². The fourth-order valence-corrected chi connectivity index (χ4v) is 7.34. The molecule has 3 heteroatoms. The first-order valence-corrected chi connectivity index (χ1v) is 20.3. The maximum atomic E-state index is 9.79. The molecule has 3 heterocycles. The van der Waals surface area contributed by atoms with Crippen molar-refractivity contribution in [2.24, 2.45) is 0 Å². The summed E-state index contributed by atoms with van der Waals surface area (Å²) in [6.45, 7) is 0. The van der Waals surface area contributed by atoms with Crippen LogP contribution in [0.4, 0.5) is 0 Å². The van der Waals surface area contributed by atoms with E-state index in [0.717, 1.165) is 44.8 Å². The van der Waals surface area contributed by atoms with Crippen molar-refractivity contribution in [2.75, 3.05) is 0 Å². The Labute approximate surface area is 362 Å². The summed E-state index contributed by atoms with van der Waals surface area (Å²) < 4.78 is 58.1. The van der Waals surface area contributed by atoms with E-state index in [1.54, 1.807) is 18.3 Å². The highest BCUT2D eigenvalue weighted by molar-refractivity contribution is 5.76. The lowest BCUT2D eigenvalue weighted by molar-refractivity contribution is 0.897. The van der Waals surface area contributed by atoms with Gasteiger partial charge in [-0.3, -0.25) is 15.0 Å². The SMILES string of the molecule is [2H]C([2H])(Cc1ccc(-c2ccccc2)nc1)c1cc(CCc2ccc(-c3ccccc3)nc2)cc(C([2H])([2H])C([2H])([2H])c2cnc(-c3ccccc3)cc2-c2ccc(-c3ccccc3)cc2)c1. The zero-order valence-corrected chi connectivity index (χ0v) is 33.2. The molecular formula is C57H47N3. The van der Waals surface area contributed by atoms with Gasteiger partial charge in [0.25, 0.3) is 0 Å². The second-order valence-electron chi connectivity index (χ2n) is 14.8. The lowest BCUT2D eigenvalue weighted by Crippen LogP contribution is -2.01. The molecule has 0 unspecified atom stereocenters. The van der Waals surface area contributed by atoms with Gasteiger partial charge in [-0.25, -0.2) is 0 Å². The molecule has 9 rings (SSSR count). The topological polar surface area (TPSA) is 38.7 Å². The molecule has 0 atom stereocenters. The van der Waals surface area contributed by atoms with E-state index in [4.69, 9.17) is 9.97 Å². The van der Waals surface area contributed by atoms with Crippen LogP contribution in [0.5, 0.6) is 0 Å². The lowest BCUT2D eigenvalue weighted by Gasteiger charge is -2.14. The standard InChI is InChI=1S/C57H47N3/c1-5-13-47(14-6-1)48-29-31-49(32-30-48)54-38-57(52-19-11-4-12-20-52)60-41-53(54)28-25-46-36-44(23-21-42-26-33-55(58-39-42)50-15-7-2-8-16-50)35-45(37-46)24-22-43-27-34-56(59-40-43)51-17-9-3-10-18-51/h1-20,26-27,29-41H,21-25,28H2/i23D2,25D2,28D2. The summed E-state index contributed by atoms with van der Waals surface area (Å²) in [6, 6.07) is 61.9. The first-order valence-electron chi connectivity index (χ1n) is 23.3. The minimum atomic E-state index is -2.65. The van der Waals surface area contributed by atoms with Gasteiger partial charge >= 0.3 is 0 Å². The molecule has 0 fully saturated rings. The lowest BCUT2D eigenvalue weighted by atomic mass is 9.92. The zero-order chi connectivity index (χ0) is 45.7. The van der Waals surface area contributed by atoms with E-state index in [0.29, 0.717) is 40.8 Å². The second kappa shape index (κ2) is 18.6. The normalized spacial score (nSPS) is 13.3. The predicted octanol–water partition coefficient (Wildman–Crippen LogP) is 13.6. The number of aromatic nitrogens is 3. The molecule has 0 spiro atoms. The van der Waals surface area contributed by atoms with Crippen molar-refractivity contribution in [3.05, 3.63) is 246 Å². The molecule has 0 radical (unpaired) electrons. The number of aryl methyl sites for hydroxylation is 6. The summed E-state index contributed by atoms with van der Waals surface area (Å²) in [5.41, 5.74) is 11.1. The largest absolute Gasteiger partial charge is 0.256 e. The Balaban J connectivity index is 1.09. The van der Waals surface area contributed by atoms with Crippen LogP contribution in [-0.2, 0) is 38.4 Å². The van der Waals surface area contributed by atoms with Crippen LogP contribution in [0, 0.1) is 0 Å². The average Bonchev–Trinajstić information content (AvgIpc) is 3.37. The molecule has 9 aromatic rings. The van der Waals surface area contributed by atoms with Gasteiger partial charge in [0, 0.05) is 43.5 Å². The third-order valence-electron chi connectivity index (χ3n) is 10.6. The molecular weight excluding hydrogens is 727 g/mol. The highest BCUT2D eigenvalue weighted by atomic mass is 14.7. The summed E-state index contributed by atoms with van der Waals surface area (Å²) in [5.74, 6) is 0. The van der Waals surface area contributed by atoms with Crippen molar-refractivity contribution >= 4 is 0 Å². The van der Waals surface area contributed by atoms with Gasteiger partial charge in [-0.15, -0.1) is 0 Å². The number of hydrogen-bond donors (Lipinski definition) is 0. The second-order valence-corrected chi connectivity index (χ2v) is 14.8. The van der Waals surface area contributed by atoms with Crippen molar-refractivity contribution in [1.82, 2.24) is 15.0 Å². The molecule has 6 aromatic carbocycles. The van der Waals surface area contributed by atoms with Crippen molar-refractivity contribution < 1.29 is 8.22 Å². The first-order chi connectivity index (χ1) is 31.9. The van der Waals surface area contributed by atoms with E-state index in [1.807, 2.05) is 182 Å². The van der Waals surface area contributed by atoms with Gasteiger partial charge in [-0.2, -0.15) is 0 Å². The summed E-state index contributed by atoms with van der Waals surface area (Å²) in [4.78, 5) is 14.1. The average molecular weight is 780 g/mol. The monoisotopic (exact) mass is 779 g/mol. The minimum Gasteiger partial charge on any atom is -0.256 e. The molecule has 0 N–H and O–H groups in total. The minimum absolute atomic E-state index is 0.0211. The van der Waals surface area contributed by atoms with E-state index in [2.05, 4.69) is 4.98 Å². The van der Waals surface area contributed by atoms with Crippen LogP contribution in [0.25, 0.3) is 56.0 Å². The van der Waals surface area contributed by atoms with Crippen molar-refractivity contribution in [1.29, 1.82) is 0 Å². The Morgan fingerprint density at radius 1 is 0.300 bits per heavy atom. The van der Waals surface area contributed by atoms with Crippen molar-refractivity contribution in [3.63, 3.8) is 0 Å². The molecule has 0 aliphatic carbocycles. The number of rotatable bonds is 14. The molecule has 0 saturated heterocycles. The Morgan fingerprint density at radius 3 is 1.28 bits per heavy atom. The van der Waals surface area contributed by atoms with E-state index < -0.39 is 19.1 Å². The maximum absolute atomic E-state index is 9.79. The molecule has 0 amide bonds. The molecule has 0 aliphatic rings. The van der Waals surface area contributed by atoms with Crippen LogP contribution in [-0.4, -0.2) is 15.0 Å². The third-order valence-corrected chi connectivity index (χ3v) is 10.6. The third kappa shape index (κ3) is 9.55. The van der Waals surface area contributed by atoms with Crippen molar-refractivity contribution in [3.8, 4) is 56.0 Å². The predicted molar refractivity (Wildman–Crippen MR) is 249 cm³/mol. The highest BCUT2D eigenvalue weighted by Crippen LogP contribution is 2.31. The maximum Gasteiger partial charge on any atom is 0.0708 e. The van der Waals surface area contributed by atoms with Crippen molar-refractivity contribution in [2.45, 2.75) is 38.4 Å². The van der Waals surface area contributed by atoms with E-state index in [1.165, 1.54) is 12.3 Å². The zero-order valence-electron chi connectivity index (χ0n) is 39.2. The van der Waals surface area contributed by atoms with Gasteiger partial charge < -0.3 is 0 Å². The van der Waals surface area contributed by atoms with Crippen LogP contribution in [0.2, 0.25) is 0 Å². The summed E-state index contributed by atoms with van der Waals surface area (Å²) in [5, 5.41) is 0. The molecule has 0 saturated carbocycles.